The van der Waals surface area contributed by atoms with Gasteiger partial charge in [-0.25, -0.2) is 14.5 Å². The number of anilines is 5. The Hall–Kier alpha value is -7.27. The number of piperazine rings is 1. The lowest BCUT2D eigenvalue weighted by Crippen LogP contribution is -2.59. The van der Waals surface area contributed by atoms with Gasteiger partial charge < -0.3 is 43.9 Å². The van der Waals surface area contributed by atoms with E-state index in [0.717, 1.165) is 54.9 Å². The molecular weight excluding hydrogens is 1030 g/mol. The number of piperidine rings is 2. The van der Waals surface area contributed by atoms with Crippen LogP contribution in [-0.2, 0) is 51.6 Å². The van der Waals surface area contributed by atoms with E-state index in [4.69, 9.17) is 18.6 Å². The van der Waals surface area contributed by atoms with Crippen molar-refractivity contribution in [1.82, 2.24) is 33.8 Å². The number of likely N-dealkylation sites (tertiary alicyclic amines) is 1. The van der Waals surface area contributed by atoms with Crippen molar-refractivity contribution in [3.05, 3.63) is 105 Å². The number of hydrogen-bond acceptors (Lipinski definition) is 16. The predicted molar refractivity (Wildman–Crippen MR) is 283 cm³/mol. The smallest absolute Gasteiger partial charge is 0.471 e. The molecule has 4 N–H and O–H groups in total. The molecule has 1 aliphatic carbocycles. The molecule has 12 rings (SSSR count). The molecule has 6 aliphatic heterocycles. The van der Waals surface area contributed by atoms with Gasteiger partial charge >= 0.3 is 7.82 Å². The Kier molecular flexibility index (Phi) is 11.8. The third-order valence-corrected chi connectivity index (χ3v) is 16.9. The van der Waals surface area contributed by atoms with Crippen LogP contribution in [0.1, 0.15) is 98.6 Å². The van der Waals surface area contributed by atoms with Gasteiger partial charge in [0.1, 0.15) is 48.1 Å². The van der Waals surface area contributed by atoms with Gasteiger partial charge in [-0.05, 0) is 98.0 Å². The standard InChI is InChI=1S/C54H60N11O12P/c1-30-25-59(33-10-12-61-35(19-33)28-76-45-21-38-37(20-42(45)61)49(68)65(50(38)69)41-6-8-47(67)64(52(41)71)29-77-78(73,74)75)13-14-60(30)34-5-7-46(56-24-34)57-40-17-32(26-58(4)51(40)70)36-9-11-55-48(39(36)27-66)63-16-15-62-43(53(63)72)18-31-22-54(2,3)23-44(31)62/h5,7,9,11,17-18,20-21,24,26,30,33,35,41,66H,6,8,10,12-16,19,22-23,25,27-29H2,1-4H3,(H,56,57)(H2,73,74,75)/t30-,33-,35+,41?/m0/s1/i4D3. The van der Waals surface area contributed by atoms with Crippen molar-refractivity contribution in [2.45, 2.75) is 96.6 Å². The quantitative estimate of drug-likeness (QED) is 0.108. The number of phosphoric acid groups is 1. The van der Waals surface area contributed by atoms with Gasteiger partial charge in [0, 0.05) is 98.1 Å². The largest absolute Gasteiger partial charge is 0.489 e. The lowest BCUT2D eigenvalue weighted by atomic mass is 9.90. The summed E-state index contributed by atoms with van der Waals surface area (Å²) in [5.74, 6) is -2.45. The van der Waals surface area contributed by atoms with Gasteiger partial charge in [-0.3, -0.25) is 52.9 Å². The van der Waals surface area contributed by atoms with E-state index in [2.05, 4.69) is 59.8 Å². The van der Waals surface area contributed by atoms with Gasteiger partial charge in [-0.1, -0.05) is 13.8 Å². The van der Waals surface area contributed by atoms with E-state index < -0.39 is 63.4 Å². The first-order valence-corrected chi connectivity index (χ1v) is 27.6. The number of aromatic nitrogens is 4. The van der Waals surface area contributed by atoms with Crippen LogP contribution >= 0.6 is 7.82 Å². The first kappa shape index (κ1) is 47.9. The molecule has 0 radical (unpaired) electrons. The fourth-order valence-electron chi connectivity index (χ4n) is 12.8. The molecule has 4 aromatic heterocycles. The van der Waals surface area contributed by atoms with Crippen LogP contribution in [0.2, 0.25) is 0 Å². The summed E-state index contributed by atoms with van der Waals surface area (Å²) in [6, 6.07) is 10.7. The summed E-state index contributed by atoms with van der Waals surface area (Å²) in [6.45, 7) is 6.19. The predicted octanol–water partition coefficient (Wildman–Crippen LogP) is 3.79. The van der Waals surface area contributed by atoms with Crippen molar-refractivity contribution in [3.8, 4) is 16.9 Å². The summed E-state index contributed by atoms with van der Waals surface area (Å²) in [5, 5.41) is 13.9. The molecule has 5 aromatic rings. The van der Waals surface area contributed by atoms with Crippen LogP contribution in [0.15, 0.2) is 65.8 Å². The number of aliphatic hydroxyl groups excluding tert-OH is 1. The molecule has 4 atom stereocenters. The highest BCUT2D eigenvalue weighted by Crippen LogP contribution is 2.45. The molecule has 23 nitrogen and oxygen atoms in total. The Morgan fingerprint density at radius 3 is 2.45 bits per heavy atom. The van der Waals surface area contributed by atoms with E-state index in [1.165, 1.54) is 30.2 Å². The third-order valence-electron chi connectivity index (χ3n) is 16.5. The normalized spacial score (nSPS) is 23.8. The number of fused-ring (bicyclic) bond motifs is 7. The zero-order valence-corrected chi connectivity index (χ0v) is 44.0. The monoisotopic (exact) mass is 1090 g/mol. The molecule has 10 heterocycles. The molecule has 78 heavy (non-hydrogen) atoms. The molecule has 0 saturated carbocycles. The highest BCUT2D eigenvalue weighted by Gasteiger charge is 2.49. The van der Waals surface area contributed by atoms with Crippen LogP contribution < -0.4 is 30.3 Å². The molecule has 1 unspecified atom stereocenters. The number of aliphatic hydroxyl groups is 1. The van der Waals surface area contributed by atoms with E-state index in [1.807, 2.05) is 12.1 Å². The van der Waals surface area contributed by atoms with Crippen LogP contribution in [-0.4, -0.2) is 148 Å². The minimum Gasteiger partial charge on any atom is -0.489 e. The second kappa shape index (κ2) is 19.3. The minimum atomic E-state index is -5.04. The highest BCUT2D eigenvalue weighted by atomic mass is 31.2. The Bertz CT molecular complexity index is 3590. The summed E-state index contributed by atoms with van der Waals surface area (Å²) in [7, 11) is -5.04. The zero-order valence-electron chi connectivity index (χ0n) is 46.1. The van der Waals surface area contributed by atoms with Gasteiger partial charge in [-0.15, -0.1) is 0 Å². The summed E-state index contributed by atoms with van der Waals surface area (Å²) in [6.07, 6.45) is 7.35. The molecule has 0 bridgehead atoms. The number of benzene rings is 1. The summed E-state index contributed by atoms with van der Waals surface area (Å²) >= 11 is 0. The van der Waals surface area contributed by atoms with Crippen molar-refractivity contribution in [2.75, 3.05) is 66.1 Å². The molecule has 3 fully saturated rings. The van der Waals surface area contributed by atoms with Gasteiger partial charge in [-0.2, -0.15) is 0 Å². The summed E-state index contributed by atoms with van der Waals surface area (Å²) in [4.78, 5) is 119. The van der Waals surface area contributed by atoms with E-state index in [0.29, 0.717) is 81.9 Å². The lowest BCUT2D eigenvalue weighted by molar-refractivity contribution is -0.155. The van der Waals surface area contributed by atoms with Crippen molar-refractivity contribution >= 4 is 66.1 Å². The van der Waals surface area contributed by atoms with Gasteiger partial charge in [0.15, 0.2) is 0 Å². The molecule has 7 aliphatic rings. The maximum Gasteiger partial charge on any atom is 0.471 e. The number of nitrogens with zero attached hydrogens (tertiary/aromatic N) is 10. The molecular formula is C54H60N11O12P. The topological polar surface area (TPSA) is 266 Å². The van der Waals surface area contributed by atoms with Crippen LogP contribution in [0.5, 0.6) is 5.75 Å². The number of carbonyl (C=O) groups is 5. The Morgan fingerprint density at radius 1 is 0.897 bits per heavy atom. The number of hydrogen-bond donors (Lipinski definition) is 4. The number of carbonyl (C=O) groups excluding carboxylic acids is 5. The average Bonchev–Trinajstić information content (AvgIpc) is 3.45. The van der Waals surface area contributed by atoms with E-state index in [1.54, 1.807) is 29.3 Å². The number of phosphoric ester groups is 1. The fourth-order valence-corrected chi connectivity index (χ4v) is 13.1. The Labute approximate surface area is 452 Å². The SMILES string of the molecule is [2H]C([2H])([2H])n1cc(-c2ccnc(N3CCn4c(cc5c4CC(C)(C)C5)C3=O)c2CO)cc(Nc2ccc(N3CCN([C@H]4CCN5c6cc7c(cc6OC[C@H]5C4)C(=O)N(C4CCC(=O)N(COP(=O)(O)O)C4=O)C7=O)C[C@@H]3C)cn2)c1=O. The van der Waals surface area contributed by atoms with Gasteiger partial charge in [0.2, 0.25) is 5.91 Å². The van der Waals surface area contributed by atoms with Crippen LogP contribution in [0.3, 0.4) is 0 Å². The second-order valence-electron chi connectivity index (χ2n) is 22.0. The second-order valence-corrected chi connectivity index (χ2v) is 23.2. The fraction of sp³-hybridized carbons (Fsp3) is 0.444. The highest BCUT2D eigenvalue weighted by molar-refractivity contribution is 7.46. The van der Waals surface area contributed by atoms with Crippen molar-refractivity contribution in [3.63, 3.8) is 0 Å². The zero-order chi connectivity index (χ0) is 57.2. The molecule has 3 saturated heterocycles. The minimum absolute atomic E-state index is 0.0413. The first-order chi connectivity index (χ1) is 38.5. The number of pyridine rings is 3. The Balaban J connectivity index is 0.701. The lowest BCUT2D eigenvalue weighted by Gasteiger charge is -2.50. The molecule has 0 spiro atoms. The van der Waals surface area contributed by atoms with E-state index in [-0.39, 0.29) is 64.9 Å². The summed E-state index contributed by atoms with van der Waals surface area (Å²) < 4.78 is 49.6. The number of rotatable bonds is 11. The molecule has 5 amide bonds. The van der Waals surface area contributed by atoms with Crippen molar-refractivity contribution < 1.29 is 56.8 Å². The van der Waals surface area contributed by atoms with Crippen LogP contribution in [0.4, 0.5) is 28.7 Å². The maximum absolute atomic E-state index is 14.1. The van der Waals surface area contributed by atoms with Gasteiger partial charge in [0.05, 0.1) is 41.3 Å². The molecule has 1 aromatic carbocycles. The van der Waals surface area contributed by atoms with E-state index >= 15 is 0 Å². The van der Waals surface area contributed by atoms with Crippen LogP contribution in [0.25, 0.3) is 11.1 Å². The van der Waals surface area contributed by atoms with E-state index in [9.17, 15) is 38.4 Å². The van der Waals surface area contributed by atoms with Crippen molar-refractivity contribution in [1.29, 1.82) is 0 Å². The van der Waals surface area contributed by atoms with Crippen molar-refractivity contribution in [2.24, 2.45) is 12.4 Å². The Morgan fingerprint density at radius 2 is 1.71 bits per heavy atom. The number of amides is 5. The summed E-state index contributed by atoms with van der Waals surface area (Å²) in [5.41, 5.74) is 4.80. The third kappa shape index (κ3) is 8.95. The first-order valence-electron chi connectivity index (χ1n) is 27.6. The molecule has 408 valence electrons. The number of ether oxygens (including phenoxy) is 1. The number of aryl methyl sites for hydroxylation is 1. The average molecular weight is 1090 g/mol. The number of nitrogens with one attached hydrogen (secondary N) is 1. The number of imide groups is 2. The molecule has 24 heteroatoms. The van der Waals surface area contributed by atoms with Crippen LogP contribution in [0, 0.1) is 5.41 Å². The maximum atomic E-state index is 14.1. The van der Waals surface area contributed by atoms with Gasteiger partial charge in [0.25, 0.3) is 29.2 Å².